The molecule has 30 heavy (non-hydrogen) atoms. The lowest BCUT2D eigenvalue weighted by molar-refractivity contribution is 0.122. The van der Waals surface area contributed by atoms with Crippen molar-refractivity contribution in [1.82, 2.24) is 19.9 Å². The van der Waals surface area contributed by atoms with E-state index in [-0.39, 0.29) is 11.7 Å². The number of rotatable bonds is 5. The molecule has 4 heterocycles. The Morgan fingerprint density at radius 2 is 1.80 bits per heavy atom. The third kappa shape index (κ3) is 4.30. The molecule has 0 spiro atoms. The molecule has 0 N–H and O–H groups in total. The lowest BCUT2D eigenvalue weighted by Gasteiger charge is -2.38. The molecule has 0 unspecified atom stereocenters. The summed E-state index contributed by atoms with van der Waals surface area (Å²) in [5, 5.41) is 0. The lowest BCUT2D eigenvalue weighted by Crippen LogP contribution is -2.44. The van der Waals surface area contributed by atoms with E-state index in [2.05, 4.69) is 31.8 Å². The molecule has 0 atom stereocenters. The van der Waals surface area contributed by atoms with Crippen LogP contribution in [-0.4, -0.2) is 72.4 Å². The van der Waals surface area contributed by atoms with Gasteiger partial charge in [-0.05, 0) is 24.8 Å². The summed E-state index contributed by atoms with van der Waals surface area (Å²) in [6.07, 6.45) is 5.12. The van der Waals surface area contributed by atoms with Crippen molar-refractivity contribution < 1.29 is 9.13 Å². The Kier molecular flexibility index (Phi) is 6.26. The summed E-state index contributed by atoms with van der Waals surface area (Å²) < 4.78 is 20.3. The quantitative estimate of drug-likeness (QED) is 0.738. The largest absolute Gasteiger partial charge is 0.378 e. The molecular formula is C21H30FN7O. The third-order valence-electron chi connectivity index (χ3n) is 5.94. The fourth-order valence-corrected chi connectivity index (χ4v) is 4.10. The van der Waals surface area contributed by atoms with E-state index in [1.807, 2.05) is 31.0 Å². The Labute approximate surface area is 177 Å². The zero-order chi connectivity index (χ0) is 21.1. The van der Waals surface area contributed by atoms with Crippen LogP contribution >= 0.6 is 0 Å². The maximum Gasteiger partial charge on any atom is 0.227 e. The monoisotopic (exact) mass is 415 g/mol. The van der Waals surface area contributed by atoms with E-state index < -0.39 is 0 Å². The van der Waals surface area contributed by atoms with Crippen molar-refractivity contribution in [3.05, 3.63) is 30.1 Å². The molecule has 2 aromatic heterocycles. The fraction of sp³-hybridized carbons (Fsp3) is 0.619. The van der Waals surface area contributed by atoms with E-state index in [0.717, 1.165) is 50.8 Å². The van der Waals surface area contributed by atoms with Gasteiger partial charge < -0.3 is 19.4 Å². The van der Waals surface area contributed by atoms with E-state index >= 15 is 0 Å². The number of anilines is 3. The molecular weight excluding hydrogens is 385 g/mol. The standard InChI is InChI=1S/C21H30FN7O/c1-15(2)19-18(22)20(25-14-24-19)28-8-5-16(6-9-28)27(3)17-4-7-23-21(26-17)29-10-12-30-13-11-29/h4,7,14-16H,5-6,8-13H2,1-3H3. The second kappa shape index (κ2) is 9.07. The minimum absolute atomic E-state index is 0.0360. The van der Waals surface area contributed by atoms with Gasteiger partial charge in [-0.25, -0.2) is 19.3 Å². The van der Waals surface area contributed by atoms with E-state index in [9.17, 15) is 4.39 Å². The second-order valence-corrected chi connectivity index (χ2v) is 8.19. The summed E-state index contributed by atoms with van der Waals surface area (Å²) in [5.74, 6) is 1.84. The average molecular weight is 416 g/mol. The van der Waals surface area contributed by atoms with Gasteiger partial charge >= 0.3 is 0 Å². The Bertz CT molecular complexity index is 851. The number of piperidine rings is 1. The van der Waals surface area contributed by atoms with Gasteiger partial charge in [-0.2, -0.15) is 4.98 Å². The van der Waals surface area contributed by atoms with Gasteiger partial charge in [0.25, 0.3) is 0 Å². The maximum atomic E-state index is 14.8. The SMILES string of the molecule is CC(C)c1ncnc(N2CCC(N(C)c3ccnc(N4CCOCC4)n3)CC2)c1F. The minimum atomic E-state index is -0.287. The third-order valence-corrected chi connectivity index (χ3v) is 5.94. The van der Waals surface area contributed by atoms with Gasteiger partial charge in [-0.3, -0.25) is 0 Å². The Morgan fingerprint density at radius 3 is 2.50 bits per heavy atom. The summed E-state index contributed by atoms with van der Waals surface area (Å²) in [5.41, 5.74) is 0.482. The van der Waals surface area contributed by atoms with Gasteiger partial charge in [-0.15, -0.1) is 0 Å². The van der Waals surface area contributed by atoms with Gasteiger partial charge in [0.15, 0.2) is 11.6 Å². The highest BCUT2D eigenvalue weighted by Crippen LogP contribution is 2.28. The molecule has 0 radical (unpaired) electrons. The Hall–Kier alpha value is -2.55. The van der Waals surface area contributed by atoms with Crippen molar-refractivity contribution in [1.29, 1.82) is 0 Å². The fourth-order valence-electron chi connectivity index (χ4n) is 4.10. The molecule has 9 heteroatoms. The number of ether oxygens (including phenoxy) is 1. The van der Waals surface area contributed by atoms with Gasteiger partial charge in [0, 0.05) is 45.5 Å². The summed E-state index contributed by atoms with van der Waals surface area (Å²) in [4.78, 5) is 24.0. The van der Waals surface area contributed by atoms with Crippen LogP contribution < -0.4 is 14.7 Å². The number of nitrogens with zero attached hydrogens (tertiary/aromatic N) is 7. The summed E-state index contributed by atoms with van der Waals surface area (Å²) in [7, 11) is 2.08. The lowest BCUT2D eigenvalue weighted by atomic mass is 10.0. The van der Waals surface area contributed by atoms with E-state index in [1.165, 1.54) is 6.33 Å². The van der Waals surface area contributed by atoms with Crippen LogP contribution in [0, 0.1) is 5.82 Å². The van der Waals surface area contributed by atoms with Crippen LogP contribution in [0.4, 0.5) is 22.0 Å². The van der Waals surface area contributed by atoms with Crippen LogP contribution in [0.2, 0.25) is 0 Å². The second-order valence-electron chi connectivity index (χ2n) is 8.19. The van der Waals surface area contributed by atoms with Crippen LogP contribution in [0.25, 0.3) is 0 Å². The number of aromatic nitrogens is 4. The molecule has 162 valence electrons. The minimum Gasteiger partial charge on any atom is -0.378 e. The van der Waals surface area contributed by atoms with E-state index in [4.69, 9.17) is 9.72 Å². The normalized spacial score (nSPS) is 18.2. The predicted octanol–water partition coefficient (Wildman–Crippen LogP) is 2.47. The van der Waals surface area contributed by atoms with Crippen LogP contribution in [0.5, 0.6) is 0 Å². The maximum absolute atomic E-state index is 14.8. The average Bonchev–Trinajstić information content (AvgIpc) is 2.79. The molecule has 2 saturated heterocycles. The highest BCUT2D eigenvalue weighted by molar-refractivity contribution is 5.46. The number of hydrogen-bond donors (Lipinski definition) is 0. The van der Waals surface area contributed by atoms with Crippen molar-refractivity contribution >= 4 is 17.6 Å². The molecule has 2 aliphatic heterocycles. The Morgan fingerprint density at radius 1 is 1.07 bits per heavy atom. The molecule has 2 fully saturated rings. The van der Waals surface area contributed by atoms with Gasteiger partial charge in [-0.1, -0.05) is 13.8 Å². The van der Waals surface area contributed by atoms with Gasteiger partial charge in [0.1, 0.15) is 12.1 Å². The Balaban J connectivity index is 1.41. The first kappa shape index (κ1) is 20.7. The topological polar surface area (TPSA) is 70.5 Å². The molecule has 8 nitrogen and oxygen atoms in total. The van der Waals surface area contributed by atoms with Crippen molar-refractivity contribution in [2.45, 2.75) is 38.6 Å². The highest BCUT2D eigenvalue weighted by atomic mass is 19.1. The first-order chi connectivity index (χ1) is 14.5. The van der Waals surface area contributed by atoms with Crippen LogP contribution in [0.15, 0.2) is 18.6 Å². The summed E-state index contributed by atoms with van der Waals surface area (Å²) >= 11 is 0. The first-order valence-electron chi connectivity index (χ1n) is 10.7. The van der Waals surface area contributed by atoms with Crippen LogP contribution in [0.3, 0.4) is 0 Å². The predicted molar refractivity (Wildman–Crippen MR) is 115 cm³/mol. The molecule has 0 bridgehead atoms. The zero-order valence-electron chi connectivity index (χ0n) is 18.0. The van der Waals surface area contributed by atoms with E-state index in [1.54, 1.807) is 0 Å². The molecule has 0 aromatic carbocycles. The van der Waals surface area contributed by atoms with Crippen LogP contribution in [-0.2, 0) is 4.74 Å². The molecule has 0 saturated carbocycles. The number of hydrogen-bond acceptors (Lipinski definition) is 8. The summed E-state index contributed by atoms with van der Waals surface area (Å²) in [6.45, 7) is 8.44. The first-order valence-corrected chi connectivity index (χ1v) is 10.7. The van der Waals surface area contributed by atoms with Crippen molar-refractivity contribution in [2.24, 2.45) is 0 Å². The van der Waals surface area contributed by atoms with Gasteiger partial charge in [0.05, 0.1) is 18.9 Å². The van der Waals surface area contributed by atoms with Gasteiger partial charge in [0.2, 0.25) is 5.95 Å². The van der Waals surface area contributed by atoms with Crippen LogP contribution in [0.1, 0.15) is 38.3 Å². The number of morpholine rings is 1. The molecule has 0 amide bonds. The zero-order valence-corrected chi connectivity index (χ0v) is 18.0. The smallest absolute Gasteiger partial charge is 0.227 e. The number of halogens is 1. The molecule has 2 aliphatic rings. The molecule has 4 rings (SSSR count). The summed E-state index contributed by atoms with van der Waals surface area (Å²) in [6, 6.07) is 2.29. The van der Waals surface area contributed by atoms with E-state index in [0.29, 0.717) is 30.8 Å². The molecule has 0 aliphatic carbocycles. The highest BCUT2D eigenvalue weighted by Gasteiger charge is 2.27. The van der Waals surface area contributed by atoms with Crippen molar-refractivity contribution in [3.8, 4) is 0 Å². The van der Waals surface area contributed by atoms with Crippen molar-refractivity contribution in [3.63, 3.8) is 0 Å². The van der Waals surface area contributed by atoms with Crippen molar-refractivity contribution in [2.75, 3.05) is 61.1 Å². The molecule has 2 aromatic rings.